The van der Waals surface area contributed by atoms with E-state index in [1.54, 1.807) is 30.7 Å². The summed E-state index contributed by atoms with van der Waals surface area (Å²) < 4.78 is 33.0. The summed E-state index contributed by atoms with van der Waals surface area (Å²) in [5, 5.41) is 8.43. The molecule has 10 nitrogen and oxygen atoms in total. The minimum absolute atomic E-state index is 0.0217. The van der Waals surface area contributed by atoms with Crippen LogP contribution in [-0.2, 0) is 10.0 Å². The van der Waals surface area contributed by atoms with E-state index in [-0.39, 0.29) is 11.0 Å². The van der Waals surface area contributed by atoms with E-state index in [1.165, 1.54) is 10.5 Å². The molecule has 4 aromatic heterocycles. The van der Waals surface area contributed by atoms with E-state index in [4.69, 9.17) is 4.74 Å². The molecule has 5 heterocycles. The minimum Gasteiger partial charge on any atom is -0.475 e. The van der Waals surface area contributed by atoms with Crippen LogP contribution in [0.3, 0.4) is 0 Å². The van der Waals surface area contributed by atoms with Crippen molar-refractivity contribution in [1.29, 1.82) is 0 Å². The second kappa shape index (κ2) is 8.99. The molecule has 0 radical (unpaired) electrons. The van der Waals surface area contributed by atoms with Crippen molar-refractivity contribution in [2.24, 2.45) is 0 Å². The van der Waals surface area contributed by atoms with Crippen LogP contribution in [0.15, 0.2) is 60.0 Å². The van der Waals surface area contributed by atoms with Crippen molar-refractivity contribution in [3.05, 3.63) is 55.1 Å². The maximum Gasteiger partial charge on any atom is 0.244 e. The van der Waals surface area contributed by atoms with Crippen LogP contribution in [0.5, 0.6) is 5.88 Å². The maximum atomic E-state index is 12.9. The third kappa shape index (κ3) is 4.31. The molecule has 0 aromatic carbocycles. The Balaban J connectivity index is 1.36. The number of piperazine rings is 1. The van der Waals surface area contributed by atoms with E-state index in [0.717, 1.165) is 28.0 Å². The maximum absolute atomic E-state index is 12.9. The molecule has 5 rings (SSSR count). The summed E-state index contributed by atoms with van der Waals surface area (Å²) in [6.45, 7) is 5.73. The smallest absolute Gasteiger partial charge is 0.244 e. The number of pyridine rings is 3. The van der Waals surface area contributed by atoms with E-state index < -0.39 is 10.0 Å². The quantitative estimate of drug-likeness (QED) is 0.449. The SMILES string of the molecule is CC(C)Oc1cc2c(-c3ccnc(N4CCN(S(=O)(=O)c5cccnc5)CC4)c3)n[nH]c2cn1. The molecule has 1 aliphatic rings. The van der Waals surface area contributed by atoms with Gasteiger partial charge in [-0.1, -0.05) is 0 Å². The third-order valence-electron chi connectivity index (χ3n) is 5.63. The Morgan fingerprint density at radius 1 is 1.03 bits per heavy atom. The largest absolute Gasteiger partial charge is 0.475 e. The van der Waals surface area contributed by atoms with Gasteiger partial charge in [0.15, 0.2) is 0 Å². The standard InChI is InChI=1S/C23H25N7O3S/c1-16(2)33-22-13-19-20(15-26-22)27-28-23(19)17-5-7-25-21(12-17)29-8-10-30(11-9-29)34(31,32)18-4-3-6-24-14-18/h3-7,12-16H,8-11H2,1-2H3,(H,27,28). The van der Waals surface area contributed by atoms with Gasteiger partial charge in [0.05, 0.1) is 17.8 Å². The van der Waals surface area contributed by atoms with Gasteiger partial charge in [0.2, 0.25) is 15.9 Å². The zero-order valence-electron chi connectivity index (χ0n) is 18.9. The molecule has 1 aliphatic heterocycles. The first-order valence-corrected chi connectivity index (χ1v) is 12.5. The monoisotopic (exact) mass is 479 g/mol. The molecule has 34 heavy (non-hydrogen) atoms. The lowest BCUT2D eigenvalue weighted by Crippen LogP contribution is -2.48. The van der Waals surface area contributed by atoms with Crippen molar-refractivity contribution in [2.75, 3.05) is 31.1 Å². The Morgan fingerprint density at radius 3 is 2.59 bits per heavy atom. The summed E-state index contributed by atoms with van der Waals surface area (Å²) >= 11 is 0. The van der Waals surface area contributed by atoms with Crippen LogP contribution in [0.2, 0.25) is 0 Å². The van der Waals surface area contributed by atoms with E-state index in [9.17, 15) is 8.42 Å². The predicted octanol–water partition coefficient (Wildman–Crippen LogP) is 2.71. The van der Waals surface area contributed by atoms with Crippen molar-refractivity contribution >= 4 is 26.7 Å². The molecule has 1 N–H and O–H groups in total. The number of ether oxygens (including phenoxy) is 1. The fourth-order valence-corrected chi connectivity index (χ4v) is 5.36. The molecule has 11 heteroatoms. The molecule has 0 unspecified atom stereocenters. The average Bonchev–Trinajstić information content (AvgIpc) is 3.28. The van der Waals surface area contributed by atoms with Crippen molar-refractivity contribution in [2.45, 2.75) is 24.8 Å². The molecule has 0 aliphatic carbocycles. The Hall–Kier alpha value is -3.57. The van der Waals surface area contributed by atoms with Crippen molar-refractivity contribution in [3.8, 4) is 17.1 Å². The number of nitrogens with one attached hydrogen (secondary N) is 1. The Morgan fingerprint density at radius 2 is 1.85 bits per heavy atom. The molecule has 1 fully saturated rings. The highest BCUT2D eigenvalue weighted by Gasteiger charge is 2.29. The molecule has 0 bridgehead atoms. The van der Waals surface area contributed by atoms with Crippen LogP contribution in [0.4, 0.5) is 5.82 Å². The van der Waals surface area contributed by atoms with Crippen LogP contribution in [0, 0.1) is 0 Å². The van der Waals surface area contributed by atoms with Crippen LogP contribution >= 0.6 is 0 Å². The fourth-order valence-electron chi connectivity index (χ4n) is 3.97. The molecular weight excluding hydrogens is 454 g/mol. The third-order valence-corrected chi connectivity index (χ3v) is 7.51. The van der Waals surface area contributed by atoms with Gasteiger partial charge in [-0.25, -0.2) is 18.4 Å². The zero-order chi connectivity index (χ0) is 23.7. The number of H-pyrrole nitrogens is 1. The highest BCUT2D eigenvalue weighted by Crippen LogP contribution is 2.30. The van der Waals surface area contributed by atoms with Gasteiger partial charge in [-0.15, -0.1) is 0 Å². The average molecular weight is 480 g/mol. The van der Waals surface area contributed by atoms with Gasteiger partial charge < -0.3 is 9.64 Å². The minimum atomic E-state index is -3.56. The Labute approximate surface area is 197 Å². The van der Waals surface area contributed by atoms with E-state index >= 15 is 0 Å². The summed E-state index contributed by atoms with van der Waals surface area (Å²) in [6, 6.07) is 8.97. The van der Waals surface area contributed by atoms with Gasteiger partial charge in [0, 0.05) is 61.8 Å². The zero-order valence-corrected chi connectivity index (χ0v) is 19.7. The number of hydrogen-bond donors (Lipinski definition) is 1. The van der Waals surface area contributed by atoms with E-state index in [0.29, 0.717) is 32.1 Å². The topological polar surface area (TPSA) is 117 Å². The molecule has 0 spiro atoms. The second-order valence-electron chi connectivity index (χ2n) is 8.29. The fraction of sp³-hybridized carbons (Fsp3) is 0.304. The van der Waals surface area contributed by atoms with Gasteiger partial charge in [-0.05, 0) is 38.1 Å². The van der Waals surface area contributed by atoms with Crippen LogP contribution in [-0.4, -0.2) is 70.2 Å². The first kappa shape index (κ1) is 22.2. The number of anilines is 1. The Bertz CT molecular complexity index is 1400. The number of aromatic amines is 1. The van der Waals surface area contributed by atoms with Crippen molar-refractivity contribution in [3.63, 3.8) is 0 Å². The lowest BCUT2D eigenvalue weighted by atomic mass is 10.1. The van der Waals surface area contributed by atoms with Crippen LogP contribution in [0.25, 0.3) is 22.2 Å². The van der Waals surface area contributed by atoms with Crippen LogP contribution in [0.1, 0.15) is 13.8 Å². The lowest BCUT2D eigenvalue weighted by Gasteiger charge is -2.34. The van der Waals surface area contributed by atoms with Gasteiger partial charge >= 0.3 is 0 Å². The molecule has 4 aromatic rings. The number of rotatable bonds is 6. The number of nitrogens with zero attached hydrogens (tertiary/aromatic N) is 6. The lowest BCUT2D eigenvalue weighted by molar-refractivity contribution is 0.233. The highest BCUT2D eigenvalue weighted by atomic mass is 32.2. The number of fused-ring (bicyclic) bond motifs is 1. The van der Waals surface area contributed by atoms with Crippen LogP contribution < -0.4 is 9.64 Å². The van der Waals surface area contributed by atoms with E-state index in [2.05, 4.69) is 30.0 Å². The number of sulfonamides is 1. The second-order valence-corrected chi connectivity index (χ2v) is 10.2. The normalized spacial score (nSPS) is 15.2. The Kier molecular flexibility index (Phi) is 5.88. The molecule has 0 amide bonds. The summed E-state index contributed by atoms with van der Waals surface area (Å²) in [5.74, 6) is 1.32. The van der Waals surface area contributed by atoms with E-state index in [1.807, 2.05) is 32.0 Å². The summed E-state index contributed by atoms with van der Waals surface area (Å²) in [4.78, 5) is 15.1. The van der Waals surface area contributed by atoms with Gasteiger partial charge in [0.1, 0.15) is 16.4 Å². The molecule has 176 valence electrons. The molecule has 1 saturated heterocycles. The molecule has 0 saturated carbocycles. The molecular formula is C23H25N7O3S. The first-order valence-electron chi connectivity index (χ1n) is 11.0. The van der Waals surface area contributed by atoms with Gasteiger partial charge in [0.25, 0.3) is 0 Å². The van der Waals surface area contributed by atoms with Crippen molar-refractivity contribution in [1.82, 2.24) is 29.5 Å². The predicted molar refractivity (Wildman–Crippen MR) is 128 cm³/mol. The number of hydrogen-bond acceptors (Lipinski definition) is 8. The molecule has 0 atom stereocenters. The summed E-state index contributed by atoms with van der Waals surface area (Å²) in [7, 11) is -3.56. The van der Waals surface area contributed by atoms with Gasteiger partial charge in [-0.2, -0.15) is 9.40 Å². The first-order chi connectivity index (χ1) is 16.4. The summed E-state index contributed by atoms with van der Waals surface area (Å²) in [5.41, 5.74) is 2.51. The number of aromatic nitrogens is 5. The highest BCUT2D eigenvalue weighted by molar-refractivity contribution is 7.89. The van der Waals surface area contributed by atoms with Gasteiger partial charge in [-0.3, -0.25) is 10.1 Å². The van der Waals surface area contributed by atoms with Crippen molar-refractivity contribution < 1.29 is 13.2 Å². The summed E-state index contributed by atoms with van der Waals surface area (Å²) in [6.07, 6.45) is 6.43.